The number of rotatable bonds is 4. The molecular weight excluding hydrogens is 228 g/mol. The highest BCUT2D eigenvalue weighted by atomic mass is 16.1. The van der Waals surface area contributed by atoms with Gasteiger partial charge < -0.3 is 9.88 Å². The molecule has 0 saturated heterocycles. The molecule has 0 bridgehead atoms. The molecule has 1 aromatic heterocycles. The first-order valence-corrected chi connectivity index (χ1v) is 6.73. The molecule has 1 heterocycles. The van der Waals surface area contributed by atoms with Crippen LogP contribution in [0.15, 0.2) is 12.4 Å². The summed E-state index contributed by atoms with van der Waals surface area (Å²) in [6.07, 6.45) is 9.28. The van der Waals surface area contributed by atoms with E-state index in [9.17, 15) is 9.59 Å². The molecule has 0 spiro atoms. The average molecular weight is 246 g/mol. The second-order valence-corrected chi connectivity index (χ2v) is 5.30. The zero-order chi connectivity index (χ0) is 12.5. The Bertz CT molecular complexity index is 486. The van der Waals surface area contributed by atoms with Crippen molar-refractivity contribution in [1.82, 2.24) is 9.88 Å². The third-order valence-corrected chi connectivity index (χ3v) is 3.65. The van der Waals surface area contributed by atoms with E-state index < -0.39 is 0 Å². The number of nitrogens with zero attached hydrogens (tertiary/aromatic N) is 1. The summed E-state index contributed by atoms with van der Waals surface area (Å²) in [6, 6.07) is 0.428. The van der Waals surface area contributed by atoms with Gasteiger partial charge in [0.2, 0.25) is 5.91 Å². The van der Waals surface area contributed by atoms with E-state index in [-0.39, 0.29) is 11.7 Å². The maximum absolute atomic E-state index is 11.7. The van der Waals surface area contributed by atoms with Gasteiger partial charge in [-0.1, -0.05) is 0 Å². The van der Waals surface area contributed by atoms with E-state index in [1.54, 1.807) is 0 Å². The highest BCUT2D eigenvalue weighted by Gasteiger charge is 2.23. The molecule has 4 nitrogen and oxygen atoms in total. The maximum Gasteiger partial charge on any atom is 0.222 e. The molecule has 0 unspecified atom stereocenters. The van der Waals surface area contributed by atoms with E-state index in [4.69, 9.17) is 0 Å². The lowest BCUT2D eigenvalue weighted by Gasteiger charge is -2.07. The lowest BCUT2D eigenvalue weighted by molar-refractivity contribution is -0.121. The van der Waals surface area contributed by atoms with Crippen LogP contribution in [0.4, 0.5) is 0 Å². The Labute approximate surface area is 106 Å². The molecule has 0 radical (unpaired) electrons. The van der Waals surface area contributed by atoms with Crippen LogP contribution in [0, 0.1) is 0 Å². The summed E-state index contributed by atoms with van der Waals surface area (Å²) in [4.78, 5) is 23.3. The number of nitrogens with one attached hydrogen (secondary N) is 1. The SMILES string of the molecule is O=C(CCn1cc2c(c1)C(=O)CCC2)NC1CC1. The van der Waals surface area contributed by atoms with Crippen LogP contribution in [0.5, 0.6) is 0 Å². The van der Waals surface area contributed by atoms with Gasteiger partial charge in [0.05, 0.1) is 0 Å². The van der Waals surface area contributed by atoms with Gasteiger partial charge in [-0.25, -0.2) is 0 Å². The molecule has 4 heteroatoms. The van der Waals surface area contributed by atoms with Gasteiger partial charge in [-0.15, -0.1) is 0 Å². The molecule has 2 aliphatic carbocycles. The fourth-order valence-electron chi connectivity index (χ4n) is 2.47. The molecule has 0 aromatic carbocycles. The van der Waals surface area contributed by atoms with Gasteiger partial charge in [0.25, 0.3) is 0 Å². The van der Waals surface area contributed by atoms with Crippen LogP contribution in [-0.2, 0) is 17.8 Å². The molecule has 18 heavy (non-hydrogen) atoms. The van der Waals surface area contributed by atoms with Crippen molar-refractivity contribution in [3.8, 4) is 0 Å². The van der Waals surface area contributed by atoms with Crippen molar-refractivity contribution >= 4 is 11.7 Å². The van der Waals surface area contributed by atoms with E-state index in [0.717, 1.165) is 36.8 Å². The first-order chi connectivity index (χ1) is 8.72. The molecule has 2 aliphatic rings. The minimum atomic E-state index is 0.121. The minimum absolute atomic E-state index is 0.121. The monoisotopic (exact) mass is 246 g/mol. The summed E-state index contributed by atoms with van der Waals surface area (Å²) < 4.78 is 1.99. The zero-order valence-electron chi connectivity index (χ0n) is 10.4. The van der Waals surface area contributed by atoms with Crippen LogP contribution < -0.4 is 5.32 Å². The third-order valence-electron chi connectivity index (χ3n) is 3.65. The summed E-state index contributed by atoms with van der Waals surface area (Å²) in [7, 11) is 0. The van der Waals surface area contributed by atoms with Crippen molar-refractivity contribution in [2.24, 2.45) is 0 Å². The van der Waals surface area contributed by atoms with Crippen LogP contribution in [0.3, 0.4) is 0 Å². The number of fused-ring (bicyclic) bond motifs is 1. The Balaban J connectivity index is 1.59. The summed E-state index contributed by atoms with van der Waals surface area (Å²) >= 11 is 0. The molecule has 1 saturated carbocycles. The van der Waals surface area contributed by atoms with Gasteiger partial charge in [-0.05, 0) is 31.2 Å². The van der Waals surface area contributed by atoms with Crippen molar-refractivity contribution in [3.63, 3.8) is 0 Å². The number of Topliss-reactive ketones (excluding diaryl/α,β-unsaturated/α-hetero) is 1. The molecular formula is C14H18N2O2. The maximum atomic E-state index is 11.7. The second kappa shape index (κ2) is 4.59. The van der Waals surface area contributed by atoms with Crippen molar-refractivity contribution < 1.29 is 9.59 Å². The lowest BCUT2D eigenvalue weighted by Crippen LogP contribution is -2.26. The molecule has 1 aromatic rings. The first kappa shape index (κ1) is 11.5. The highest BCUT2D eigenvalue weighted by Crippen LogP contribution is 2.22. The summed E-state index contributed by atoms with van der Waals surface area (Å²) in [5, 5.41) is 2.98. The zero-order valence-corrected chi connectivity index (χ0v) is 10.4. The Kier molecular flexibility index (Phi) is 2.94. The van der Waals surface area contributed by atoms with Crippen molar-refractivity contribution in [1.29, 1.82) is 0 Å². The topological polar surface area (TPSA) is 51.1 Å². The van der Waals surface area contributed by atoms with E-state index in [1.807, 2.05) is 17.0 Å². The molecule has 0 atom stereocenters. The number of hydrogen-bond acceptors (Lipinski definition) is 2. The van der Waals surface area contributed by atoms with Crippen LogP contribution in [0.25, 0.3) is 0 Å². The summed E-state index contributed by atoms with van der Waals surface area (Å²) in [5.74, 6) is 0.368. The first-order valence-electron chi connectivity index (χ1n) is 6.73. The van der Waals surface area contributed by atoms with E-state index in [1.165, 1.54) is 0 Å². The van der Waals surface area contributed by atoms with Crippen LogP contribution in [0.1, 0.15) is 48.0 Å². The summed E-state index contributed by atoms with van der Waals surface area (Å²) in [6.45, 7) is 0.666. The van der Waals surface area contributed by atoms with E-state index in [0.29, 0.717) is 25.4 Å². The van der Waals surface area contributed by atoms with Crippen molar-refractivity contribution in [2.45, 2.75) is 51.1 Å². The van der Waals surface area contributed by atoms with E-state index in [2.05, 4.69) is 5.32 Å². The smallest absolute Gasteiger partial charge is 0.222 e. The normalized spacial score (nSPS) is 18.6. The van der Waals surface area contributed by atoms with Gasteiger partial charge in [0.15, 0.2) is 5.78 Å². The number of hydrogen-bond donors (Lipinski definition) is 1. The van der Waals surface area contributed by atoms with E-state index >= 15 is 0 Å². The predicted octanol–water partition coefficient (Wildman–Crippen LogP) is 1.68. The number of carbonyl (C=O) groups excluding carboxylic acids is 2. The van der Waals surface area contributed by atoms with Crippen molar-refractivity contribution in [2.75, 3.05) is 0 Å². The standard InChI is InChI=1S/C14H18N2O2/c17-13-3-1-2-10-8-16(9-12(10)13)7-6-14(18)15-11-4-5-11/h8-9,11H,1-7H2,(H,15,18). The predicted molar refractivity (Wildman–Crippen MR) is 67.5 cm³/mol. The quantitative estimate of drug-likeness (QED) is 0.878. The molecule has 1 amide bonds. The number of aryl methyl sites for hydroxylation is 2. The molecule has 3 rings (SSSR count). The van der Waals surface area contributed by atoms with Crippen LogP contribution in [0.2, 0.25) is 0 Å². The van der Waals surface area contributed by atoms with Crippen LogP contribution >= 0.6 is 0 Å². The Morgan fingerprint density at radius 1 is 1.33 bits per heavy atom. The Morgan fingerprint density at radius 3 is 2.89 bits per heavy atom. The molecule has 1 N–H and O–H groups in total. The fraction of sp³-hybridized carbons (Fsp3) is 0.571. The molecule has 0 aliphatic heterocycles. The Morgan fingerprint density at radius 2 is 2.17 bits per heavy atom. The van der Waals surface area contributed by atoms with Gasteiger partial charge in [0.1, 0.15) is 0 Å². The third kappa shape index (κ3) is 2.47. The highest BCUT2D eigenvalue weighted by molar-refractivity contribution is 5.98. The van der Waals surface area contributed by atoms with Gasteiger partial charge in [-0.3, -0.25) is 9.59 Å². The minimum Gasteiger partial charge on any atom is -0.353 e. The molecule has 96 valence electrons. The molecule has 1 fully saturated rings. The largest absolute Gasteiger partial charge is 0.353 e. The number of amides is 1. The summed E-state index contributed by atoms with van der Waals surface area (Å²) in [5.41, 5.74) is 2.01. The Hall–Kier alpha value is -1.58. The van der Waals surface area contributed by atoms with Crippen LogP contribution in [-0.4, -0.2) is 22.3 Å². The van der Waals surface area contributed by atoms with Gasteiger partial charge >= 0.3 is 0 Å². The fourth-order valence-corrected chi connectivity index (χ4v) is 2.47. The second-order valence-electron chi connectivity index (χ2n) is 5.30. The van der Waals surface area contributed by atoms with Gasteiger partial charge in [0, 0.05) is 43.4 Å². The average Bonchev–Trinajstić information content (AvgIpc) is 3.04. The lowest BCUT2D eigenvalue weighted by atomic mass is 9.95. The van der Waals surface area contributed by atoms with Crippen molar-refractivity contribution in [3.05, 3.63) is 23.5 Å². The number of ketones is 1. The number of aromatic nitrogens is 1. The number of carbonyl (C=O) groups is 2. The van der Waals surface area contributed by atoms with Gasteiger partial charge in [-0.2, -0.15) is 0 Å².